The van der Waals surface area contributed by atoms with E-state index >= 15 is 0 Å². The van der Waals surface area contributed by atoms with Crippen LogP contribution in [0.5, 0.6) is 0 Å². The number of rotatable bonds is 1. The average Bonchev–Trinajstić information content (AvgIpc) is 1.91. The molecule has 0 bridgehead atoms. The summed E-state index contributed by atoms with van der Waals surface area (Å²) >= 11 is 0. The highest BCUT2D eigenvalue weighted by Crippen LogP contribution is 1.86. The fraction of sp³-hybridized carbons (Fsp3) is 0.143. The maximum atomic E-state index is 4.02. The van der Waals surface area contributed by atoms with Crippen LogP contribution in [0.3, 0.4) is 0 Å². The summed E-state index contributed by atoms with van der Waals surface area (Å²) in [4.78, 5) is 7.84. The summed E-state index contributed by atoms with van der Waals surface area (Å²) in [5, 5.41) is 0. The lowest BCUT2D eigenvalue weighted by Gasteiger charge is -1.85. The Morgan fingerprint density at radius 3 is 3.00 bits per heavy atom. The molecule has 1 aromatic heterocycles. The van der Waals surface area contributed by atoms with Crippen LogP contribution < -0.4 is 0 Å². The summed E-state index contributed by atoms with van der Waals surface area (Å²) in [6.07, 6.45) is 3.47. The molecule has 2 heteroatoms. The van der Waals surface area contributed by atoms with E-state index in [9.17, 15) is 0 Å². The summed E-state index contributed by atoms with van der Waals surface area (Å²) in [5.41, 5.74) is 0.903. The zero-order valence-corrected chi connectivity index (χ0v) is 5.28. The standard InChI is InChI=1S/C7H8N2/c1-8-6-7-4-2-3-5-9-7/h2-6H,1H3. The molecule has 1 rings (SSSR count). The van der Waals surface area contributed by atoms with Crippen LogP contribution in [0.1, 0.15) is 5.69 Å². The van der Waals surface area contributed by atoms with Crippen molar-refractivity contribution in [1.29, 1.82) is 0 Å². The van der Waals surface area contributed by atoms with Crippen LogP contribution in [0.4, 0.5) is 0 Å². The average molecular weight is 120 g/mol. The van der Waals surface area contributed by atoms with Crippen LogP contribution in [0.25, 0.3) is 0 Å². The fourth-order valence-corrected chi connectivity index (χ4v) is 0.585. The van der Waals surface area contributed by atoms with Crippen LogP contribution in [0.15, 0.2) is 29.4 Å². The molecule has 1 heterocycles. The Bertz CT molecular complexity index is 191. The molecule has 0 atom stereocenters. The van der Waals surface area contributed by atoms with Gasteiger partial charge in [-0.15, -0.1) is 0 Å². The quantitative estimate of drug-likeness (QED) is 0.510. The van der Waals surface area contributed by atoms with E-state index < -0.39 is 0 Å². The molecule has 0 amide bonds. The Balaban J connectivity index is 2.85. The molecule has 0 aliphatic carbocycles. The Labute approximate surface area is 54.3 Å². The monoisotopic (exact) mass is 120 g/mol. The molecule has 0 saturated heterocycles. The van der Waals surface area contributed by atoms with Gasteiger partial charge in [0.05, 0.1) is 5.69 Å². The third kappa shape index (κ3) is 1.64. The Morgan fingerprint density at radius 1 is 1.56 bits per heavy atom. The van der Waals surface area contributed by atoms with Gasteiger partial charge in [-0.1, -0.05) is 6.07 Å². The van der Waals surface area contributed by atoms with Gasteiger partial charge in [-0.05, 0) is 12.1 Å². The van der Waals surface area contributed by atoms with Gasteiger partial charge in [0.2, 0.25) is 0 Å². The molecule has 0 spiro atoms. The number of nitrogens with zero attached hydrogens (tertiary/aromatic N) is 2. The third-order valence-corrected chi connectivity index (χ3v) is 0.949. The lowest BCUT2D eigenvalue weighted by molar-refractivity contribution is 1.29. The predicted octanol–water partition coefficient (Wildman–Crippen LogP) is 1.13. The van der Waals surface area contributed by atoms with Gasteiger partial charge >= 0.3 is 0 Å². The molecule has 9 heavy (non-hydrogen) atoms. The summed E-state index contributed by atoms with van der Waals surface area (Å²) < 4.78 is 0. The maximum absolute atomic E-state index is 4.02. The molecule has 0 aliphatic rings. The van der Waals surface area contributed by atoms with E-state index in [1.165, 1.54) is 0 Å². The molecule has 0 fully saturated rings. The maximum Gasteiger partial charge on any atom is 0.0807 e. The van der Waals surface area contributed by atoms with Gasteiger partial charge in [-0.2, -0.15) is 0 Å². The number of aliphatic imine (C=N–C) groups is 1. The van der Waals surface area contributed by atoms with Gasteiger partial charge < -0.3 is 0 Å². The van der Waals surface area contributed by atoms with Gasteiger partial charge in [0.1, 0.15) is 0 Å². The zero-order chi connectivity index (χ0) is 6.53. The minimum Gasteiger partial charge on any atom is -0.294 e. The van der Waals surface area contributed by atoms with Gasteiger partial charge in [0.25, 0.3) is 0 Å². The highest BCUT2D eigenvalue weighted by Gasteiger charge is 1.80. The zero-order valence-electron chi connectivity index (χ0n) is 5.28. The van der Waals surface area contributed by atoms with Crippen molar-refractivity contribution in [3.63, 3.8) is 0 Å². The Morgan fingerprint density at radius 2 is 2.44 bits per heavy atom. The molecule has 0 saturated carbocycles. The minimum atomic E-state index is 0.903. The summed E-state index contributed by atoms with van der Waals surface area (Å²) in [7, 11) is 1.73. The first-order valence-electron chi connectivity index (χ1n) is 2.76. The minimum absolute atomic E-state index is 0.903. The van der Waals surface area contributed by atoms with Crippen molar-refractivity contribution in [2.75, 3.05) is 7.05 Å². The first-order valence-corrected chi connectivity index (χ1v) is 2.76. The smallest absolute Gasteiger partial charge is 0.0807 e. The molecule has 2 nitrogen and oxygen atoms in total. The SMILES string of the molecule is CN=Cc1ccccn1. The van der Waals surface area contributed by atoms with Crippen molar-refractivity contribution in [1.82, 2.24) is 4.98 Å². The lowest BCUT2D eigenvalue weighted by Crippen LogP contribution is -1.82. The van der Waals surface area contributed by atoms with E-state index in [0.717, 1.165) is 5.69 Å². The highest BCUT2D eigenvalue weighted by atomic mass is 14.7. The van der Waals surface area contributed by atoms with E-state index in [4.69, 9.17) is 0 Å². The normalized spacial score (nSPS) is 10.3. The Hall–Kier alpha value is -1.18. The first kappa shape index (κ1) is 5.95. The van der Waals surface area contributed by atoms with Crippen molar-refractivity contribution in [3.8, 4) is 0 Å². The number of hydrogen-bond acceptors (Lipinski definition) is 2. The Kier molecular flexibility index (Phi) is 1.96. The summed E-state index contributed by atoms with van der Waals surface area (Å²) in [6, 6.07) is 5.73. The predicted molar refractivity (Wildman–Crippen MR) is 37.8 cm³/mol. The summed E-state index contributed by atoms with van der Waals surface area (Å²) in [5.74, 6) is 0. The van der Waals surface area contributed by atoms with Crippen LogP contribution in [-0.4, -0.2) is 18.2 Å². The van der Waals surface area contributed by atoms with Crippen molar-refractivity contribution >= 4 is 6.21 Å². The van der Waals surface area contributed by atoms with E-state index in [2.05, 4.69) is 9.98 Å². The van der Waals surface area contributed by atoms with E-state index in [1.54, 1.807) is 19.5 Å². The first-order chi connectivity index (χ1) is 4.43. The molecule has 46 valence electrons. The number of pyridine rings is 1. The molecule has 0 unspecified atom stereocenters. The highest BCUT2D eigenvalue weighted by molar-refractivity contribution is 5.76. The van der Waals surface area contributed by atoms with Crippen molar-refractivity contribution in [2.45, 2.75) is 0 Å². The lowest BCUT2D eigenvalue weighted by atomic mass is 10.4. The second-order valence-corrected chi connectivity index (χ2v) is 1.64. The van der Waals surface area contributed by atoms with E-state index in [0.29, 0.717) is 0 Å². The van der Waals surface area contributed by atoms with Gasteiger partial charge in [-0.3, -0.25) is 9.98 Å². The van der Waals surface area contributed by atoms with Gasteiger partial charge in [0, 0.05) is 19.5 Å². The van der Waals surface area contributed by atoms with Crippen molar-refractivity contribution in [3.05, 3.63) is 30.1 Å². The number of aromatic nitrogens is 1. The second-order valence-electron chi connectivity index (χ2n) is 1.64. The van der Waals surface area contributed by atoms with Crippen LogP contribution in [0.2, 0.25) is 0 Å². The van der Waals surface area contributed by atoms with Crippen LogP contribution in [-0.2, 0) is 0 Å². The van der Waals surface area contributed by atoms with Gasteiger partial charge in [0.15, 0.2) is 0 Å². The van der Waals surface area contributed by atoms with Gasteiger partial charge in [-0.25, -0.2) is 0 Å². The second kappa shape index (κ2) is 2.97. The summed E-state index contributed by atoms with van der Waals surface area (Å²) in [6.45, 7) is 0. The van der Waals surface area contributed by atoms with Crippen molar-refractivity contribution < 1.29 is 0 Å². The van der Waals surface area contributed by atoms with E-state index in [-0.39, 0.29) is 0 Å². The third-order valence-electron chi connectivity index (χ3n) is 0.949. The molecule has 0 aliphatic heterocycles. The van der Waals surface area contributed by atoms with Crippen LogP contribution in [0, 0.1) is 0 Å². The number of hydrogen-bond donors (Lipinski definition) is 0. The molecule has 0 radical (unpaired) electrons. The molecular weight excluding hydrogens is 112 g/mol. The molecule has 1 aromatic rings. The molecular formula is C7H8N2. The van der Waals surface area contributed by atoms with Crippen molar-refractivity contribution in [2.24, 2.45) is 4.99 Å². The van der Waals surface area contributed by atoms with Crippen LogP contribution >= 0.6 is 0 Å². The molecule has 0 N–H and O–H groups in total. The topological polar surface area (TPSA) is 25.2 Å². The fourth-order valence-electron chi connectivity index (χ4n) is 0.585. The van der Waals surface area contributed by atoms with E-state index in [1.807, 2.05) is 18.2 Å². The largest absolute Gasteiger partial charge is 0.294 e. The molecule has 0 aromatic carbocycles.